The number of alkyl halides is 3. The van der Waals surface area contributed by atoms with Crippen LogP contribution in [0, 0.1) is 0 Å². The Morgan fingerprint density at radius 1 is 1.19 bits per heavy atom. The first-order valence-corrected chi connectivity index (χ1v) is 6.19. The molecule has 0 amide bonds. The van der Waals surface area contributed by atoms with E-state index in [4.69, 9.17) is 21.1 Å². The third-order valence-corrected chi connectivity index (χ3v) is 3.42. The van der Waals surface area contributed by atoms with Gasteiger partial charge in [0, 0.05) is 17.5 Å². The van der Waals surface area contributed by atoms with E-state index in [0.29, 0.717) is 17.1 Å². The Balaban J connectivity index is 2.02. The van der Waals surface area contributed by atoms with E-state index in [1.54, 1.807) is 0 Å². The van der Waals surface area contributed by atoms with Crippen LogP contribution in [0.15, 0.2) is 16.9 Å². The molecule has 5 nitrogen and oxygen atoms in total. The molecule has 9 heteroatoms. The molecule has 0 saturated carbocycles. The highest BCUT2D eigenvalue weighted by Crippen LogP contribution is 2.38. The Labute approximate surface area is 120 Å². The minimum absolute atomic E-state index is 0.0215. The van der Waals surface area contributed by atoms with E-state index in [1.807, 2.05) is 10.2 Å². The SMILES string of the molecule is O=c1[nH][nH]c(C(F)(F)F)c1Cc1cc2c(cc1Cl)OCO2. The molecule has 0 atom stereocenters. The maximum atomic E-state index is 12.8. The third kappa shape index (κ3) is 2.46. The summed E-state index contributed by atoms with van der Waals surface area (Å²) < 4.78 is 48.7. The number of ether oxygens (including phenoxy) is 2. The second kappa shape index (κ2) is 4.73. The van der Waals surface area contributed by atoms with Crippen molar-refractivity contribution in [3.8, 4) is 11.5 Å². The number of aromatic nitrogens is 2. The highest BCUT2D eigenvalue weighted by Gasteiger charge is 2.37. The Morgan fingerprint density at radius 3 is 2.52 bits per heavy atom. The van der Waals surface area contributed by atoms with Crippen LogP contribution in [0.3, 0.4) is 0 Å². The Hall–Kier alpha value is -2.09. The summed E-state index contributed by atoms with van der Waals surface area (Å²) in [6, 6.07) is 2.92. The van der Waals surface area contributed by atoms with E-state index in [1.165, 1.54) is 12.1 Å². The molecular weight excluding hydrogens is 313 g/mol. The van der Waals surface area contributed by atoms with Crippen LogP contribution in [0.2, 0.25) is 5.02 Å². The second-order valence-corrected chi connectivity index (χ2v) is 4.81. The largest absolute Gasteiger partial charge is 0.454 e. The van der Waals surface area contributed by atoms with Gasteiger partial charge >= 0.3 is 6.18 Å². The van der Waals surface area contributed by atoms with Crippen molar-refractivity contribution in [1.29, 1.82) is 0 Å². The van der Waals surface area contributed by atoms with Gasteiger partial charge in [0.25, 0.3) is 5.56 Å². The highest BCUT2D eigenvalue weighted by molar-refractivity contribution is 6.31. The van der Waals surface area contributed by atoms with Crippen LogP contribution in [-0.2, 0) is 12.6 Å². The Morgan fingerprint density at radius 2 is 1.86 bits per heavy atom. The van der Waals surface area contributed by atoms with Gasteiger partial charge in [-0.3, -0.25) is 15.0 Å². The lowest BCUT2D eigenvalue weighted by Gasteiger charge is -2.08. The Kier molecular flexibility index (Phi) is 3.12. The first-order valence-electron chi connectivity index (χ1n) is 5.81. The van der Waals surface area contributed by atoms with E-state index < -0.39 is 23.0 Å². The van der Waals surface area contributed by atoms with Gasteiger partial charge in [-0.05, 0) is 11.6 Å². The van der Waals surface area contributed by atoms with Gasteiger partial charge < -0.3 is 9.47 Å². The summed E-state index contributed by atoms with van der Waals surface area (Å²) in [5, 5.41) is 3.98. The summed E-state index contributed by atoms with van der Waals surface area (Å²) >= 11 is 6.00. The fraction of sp³-hybridized carbons (Fsp3) is 0.250. The lowest BCUT2D eigenvalue weighted by molar-refractivity contribution is -0.141. The van der Waals surface area contributed by atoms with Crippen molar-refractivity contribution in [2.75, 3.05) is 6.79 Å². The molecule has 1 aromatic heterocycles. The van der Waals surface area contributed by atoms with E-state index >= 15 is 0 Å². The number of H-pyrrole nitrogens is 2. The van der Waals surface area contributed by atoms with Gasteiger partial charge in [0.2, 0.25) is 6.79 Å². The van der Waals surface area contributed by atoms with Gasteiger partial charge in [0.1, 0.15) is 5.69 Å². The summed E-state index contributed by atoms with van der Waals surface area (Å²) in [7, 11) is 0. The summed E-state index contributed by atoms with van der Waals surface area (Å²) in [6.07, 6.45) is -4.93. The lowest BCUT2D eigenvalue weighted by Crippen LogP contribution is -2.13. The molecule has 0 unspecified atom stereocenters. The van der Waals surface area contributed by atoms with Crippen LogP contribution in [0.4, 0.5) is 13.2 Å². The number of aromatic amines is 2. The molecule has 21 heavy (non-hydrogen) atoms. The van der Waals surface area contributed by atoms with Gasteiger partial charge in [-0.15, -0.1) is 0 Å². The molecular formula is C12H8ClF3N2O3. The number of fused-ring (bicyclic) bond motifs is 1. The smallest absolute Gasteiger partial charge is 0.433 e. The van der Waals surface area contributed by atoms with Crippen molar-refractivity contribution in [1.82, 2.24) is 10.2 Å². The maximum absolute atomic E-state index is 12.8. The minimum atomic E-state index is -4.66. The van der Waals surface area contributed by atoms with E-state index in [0.717, 1.165) is 0 Å². The second-order valence-electron chi connectivity index (χ2n) is 4.40. The van der Waals surface area contributed by atoms with Crippen LogP contribution in [0.25, 0.3) is 0 Å². The monoisotopic (exact) mass is 320 g/mol. The molecule has 0 fully saturated rings. The predicted octanol–water partition coefficient (Wildman–Crippen LogP) is 2.69. The molecule has 1 aliphatic rings. The molecule has 0 bridgehead atoms. The first kappa shape index (κ1) is 13.9. The average molecular weight is 321 g/mol. The number of hydrogen-bond acceptors (Lipinski definition) is 3. The topological polar surface area (TPSA) is 67.1 Å². The molecule has 1 aliphatic heterocycles. The molecule has 0 aliphatic carbocycles. The number of nitrogens with one attached hydrogen (secondary N) is 2. The highest BCUT2D eigenvalue weighted by atomic mass is 35.5. The molecule has 3 rings (SSSR count). The van der Waals surface area contributed by atoms with Crippen molar-refractivity contribution in [2.24, 2.45) is 0 Å². The zero-order valence-corrected chi connectivity index (χ0v) is 11.1. The zero-order valence-electron chi connectivity index (χ0n) is 10.3. The Bertz CT molecular complexity index is 751. The van der Waals surface area contributed by atoms with E-state index in [-0.39, 0.29) is 18.2 Å². The lowest BCUT2D eigenvalue weighted by atomic mass is 10.0. The van der Waals surface area contributed by atoms with Crippen LogP contribution in [0.1, 0.15) is 16.8 Å². The standard InChI is InChI=1S/C12H8ClF3N2O3/c13-7-3-9-8(20-4-21-9)2-5(7)1-6-10(12(14,15)16)17-18-11(6)19/h2-3H,1,4H2,(H2,17,18,19). The molecule has 112 valence electrons. The molecule has 2 heterocycles. The molecule has 2 aromatic rings. The molecule has 1 aromatic carbocycles. The van der Waals surface area contributed by atoms with Crippen molar-refractivity contribution in [3.63, 3.8) is 0 Å². The van der Waals surface area contributed by atoms with Crippen molar-refractivity contribution in [2.45, 2.75) is 12.6 Å². The molecule has 0 saturated heterocycles. The van der Waals surface area contributed by atoms with Gasteiger partial charge in [-0.2, -0.15) is 13.2 Å². The summed E-state index contributed by atoms with van der Waals surface area (Å²) in [5.74, 6) is 0.803. The van der Waals surface area contributed by atoms with Crippen LogP contribution in [-0.4, -0.2) is 17.0 Å². The molecule has 2 N–H and O–H groups in total. The fourth-order valence-electron chi connectivity index (χ4n) is 2.08. The van der Waals surface area contributed by atoms with Crippen molar-refractivity contribution < 1.29 is 22.6 Å². The van der Waals surface area contributed by atoms with E-state index in [9.17, 15) is 18.0 Å². The quantitative estimate of drug-likeness (QED) is 0.894. The van der Waals surface area contributed by atoms with Crippen molar-refractivity contribution in [3.05, 3.63) is 44.3 Å². The maximum Gasteiger partial charge on any atom is 0.433 e. The van der Waals surface area contributed by atoms with Gasteiger partial charge in [0.15, 0.2) is 11.5 Å². The van der Waals surface area contributed by atoms with Crippen molar-refractivity contribution >= 4 is 11.6 Å². The number of halogens is 4. The van der Waals surface area contributed by atoms with Crippen LogP contribution in [0.5, 0.6) is 11.5 Å². The third-order valence-electron chi connectivity index (χ3n) is 3.07. The van der Waals surface area contributed by atoms with Gasteiger partial charge in [-0.25, -0.2) is 0 Å². The minimum Gasteiger partial charge on any atom is -0.454 e. The summed E-state index contributed by atoms with van der Waals surface area (Å²) in [5.41, 5.74) is -2.03. The van der Waals surface area contributed by atoms with Gasteiger partial charge in [-0.1, -0.05) is 11.6 Å². The summed E-state index contributed by atoms with van der Waals surface area (Å²) in [6.45, 7) is 0.0215. The van der Waals surface area contributed by atoms with Crippen LogP contribution < -0.4 is 15.0 Å². The predicted molar refractivity (Wildman–Crippen MR) is 66.8 cm³/mol. The molecule has 0 spiro atoms. The first-order chi connectivity index (χ1) is 9.86. The number of hydrogen-bond donors (Lipinski definition) is 2. The van der Waals surface area contributed by atoms with Crippen LogP contribution >= 0.6 is 11.6 Å². The zero-order chi connectivity index (χ0) is 15.2. The van der Waals surface area contributed by atoms with Gasteiger partial charge in [0.05, 0.1) is 5.56 Å². The number of rotatable bonds is 2. The summed E-state index contributed by atoms with van der Waals surface area (Å²) in [4.78, 5) is 11.6. The number of benzene rings is 1. The fourth-order valence-corrected chi connectivity index (χ4v) is 2.30. The average Bonchev–Trinajstić information content (AvgIpc) is 2.96. The van der Waals surface area contributed by atoms with E-state index in [2.05, 4.69) is 0 Å². The normalized spacial score (nSPS) is 13.7. The molecule has 0 radical (unpaired) electrons.